The molecule has 1 aliphatic carbocycles. The SMILES string of the molecule is C[C@@H]1C[C@@H]1C(=O)Nc1ccc(C(=O)N2CCC3(CC2)SCC(=O)N3C)cc1. The van der Waals surface area contributed by atoms with Crippen LogP contribution in [-0.4, -0.2) is 58.3 Å². The van der Waals surface area contributed by atoms with Crippen LogP contribution in [0.1, 0.15) is 36.5 Å². The Morgan fingerprint density at radius 2 is 1.81 bits per heavy atom. The van der Waals surface area contributed by atoms with Gasteiger partial charge in [-0.25, -0.2) is 0 Å². The van der Waals surface area contributed by atoms with E-state index in [2.05, 4.69) is 12.2 Å². The van der Waals surface area contributed by atoms with E-state index in [0.717, 1.165) is 24.9 Å². The Bertz CT molecular complexity index is 771. The molecule has 0 bridgehead atoms. The fraction of sp³-hybridized carbons (Fsp3) is 0.550. The molecule has 1 aromatic rings. The first kappa shape index (κ1) is 18.3. The van der Waals surface area contributed by atoms with Gasteiger partial charge in [-0.05, 0) is 49.4 Å². The molecule has 27 heavy (non-hydrogen) atoms. The number of hydrogen-bond acceptors (Lipinski definition) is 4. The van der Waals surface area contributed by atoms with Gasteiger partial charge in [0, 0.05) is 37.3 Å². The Kier molecular flexibility index (Phi) is 4.66. The van der Waals surface area contributed by atoms with Gasteiger partial charge in [0.05, 0.1) is 10.6 Å². The van der Waals surface area contributed by atoms with Crippen LogP contribution in [0.2, 0.25) is 0 Å². The van der Waals surface area contributed by atoms with Gasteiger partial charge in [-0.2, -0.15) is 0 Å². The maximum atomic E-state index is 12.8. The fourth-order valence-corrected chi connectivity index (χ4v) is 5.31. The van der Waals surface area contributed by atoms with Crippen molar-refractivity contribution < 1.29 is 14.4 Å². The molecule has 0 unspecified atom stereocenters. The van der Waals surface area contributed by atoms with Crippen LogP contribution in [0.4, 0.5) is 5.69 Å². The molecule has 1 N–H and O–H groups in total. The Labute approximate surface area is 163 Å². The molecule has 1 saturated carbocycles. The van der Waals surface area contributed by atoms with Crippen molar-refractivity contribution in [2.45, 2.75) is 31.1 Å². The third kappa shape index (κ3) is 3.45. The summed E-state index contributed by atoms with van der Waals surface area (Å²) in [5.74, 6) is 1.40. The standard InChI is InChI=1S/C20H25N3O3S/c1-13-11-16(13)18(25)21-15-5-3-14(4-6-15)19(26)23-9-7-20(8-10-23)22(2)17(24)12-27-20/h3-6,13,16H,7-12H2,1-2H3,(H,21,25)/t13-,16+/m1/s1. The molecule has 2 atom stereocenters. The third-order valence-corrected chi connectivity index (χ3v) is 7.74. The number of carbonyl (C=O) groups excluding carboxylic acids is 3. The van der Waals surface area contributed by atoms with E-state index >= 15 is 0 Å². The van der Waals surface area contributed by atoms with Crippen LogP contribution in [-0.2, 0) is 9.59 Å². The van der Waals surface area contributed by atoms with Gasteiger partial charge in [0.2, 0.25) is 11.8 Å². The van der Waals surface area contributed by atoms with Crippen LogP contribution in [0, 0.1) is 11.8 Å². The lowest BCUT2D eigenvalue weighted by molar-refractivity contribution is -0.129. The number of amides is 3. The summed E-state index contributed by atoms with van der Waals surface area (Å²) in [5, 5.41) is 2.92. The molecule has 144 valence electrons. The van der Waals surface area contributed by atoms with E-state index in [4.69, 9.17) is 0 Å². The first-order valence-electron chi connectivity index (χ1n) is 9.50. The van der Waals surface area contributed by atoms with E-state index in [0.29, 0.717) is 30.3 Å². The number of carbonyl (C=O) groups is 3. The van der Waals surface area contributed by atoms with Crippen LogP contribution >= 0.6 is 11.8 Å². The summed E-state index contributed by atoms with van der Waals surface area (Å²) in [5.41, 5.74) is 1.36. The molecule has 6 nitrogen and oxygen atoms in total. The second-order valence-electron chi connectivity index (χ2n) is 7.87. The van der Waals surface area contributed by atoms with Crippen LogP contribution in [0.15, 0.2) is 24.3 Å². The number of likely N-dealkylation sites (tertiary alicyclic amines) is 1. The Morgan fingerprint density at radius 3 is 2.33 bits per heavy atom. The number of nitrogens with zero attached hydrogens (tertiary/aromatic N) is 2. The average Bonchev–Trinajstić information content (AvgIpc) is 3.36. The number of hydrogen-bond donors (Lipinski definition) is 1. The highest BCUT2D eigenvalue weighted by Gasteiger charge is 2.46. The van der Waals surface area contributed by atoms with Crippen molar-refractivity contribution in [3.05, 3.63) is 29.8 Å². The molecule has 2 heterocycles. The van der Waals surface area contributed by atoms with Crippen molar-refractivity contribution in [1.29, 1.82) is 0 Å². The molecule has 7 heteroatoms. The number of piperidine rings is 1. The summed E-state index contributed by atoms with van der Waals surface area (Å²) >= 11 is 1.70. The van der Waals surface area contributed by atoms with Crippen molar-refractivity contribution in [2.75, 3.05) is 31.2 Å². The van der Waals surface area contributed by atoms with Crippen LogP contribution in [0.25, 0.3) is 0 Å². The van der Waals surface area contributed by atoms with Gasteiger partial charge in [0.15, 0.2) is 0 Å². The van der Waals surface area contributed by atoms with Crippen LogP contribution in [0.5, 0.6) is 0 Å². The molecule has 3 aliphatic rings. The van der Waals surface area contributed by atoms with Gasteiger partial charge < -0.3 is 15.1 Å². The minimum absolute atomic E-state index is 0.00974. The molecule has 1 aromatic carbocycles. The van der Waals surface area contributed by atoms with Gasteiger partial charge in [-0.15, -0.1) is 11.8 Å². The summed E-state index contributed by atoms with van der Waals surface area (Å²) in [7, 11) is 1.87. The minimum atomic E-state index is -0.137. The van der Waals surface area contributed by atoms with E-state index in [-0.39, 0.29) is 28.5 Å². The smallest absolute Gasteiger partial charge is 0.253 e. The lowest BCUT2D eigenvalue weighted by Crippen LogP contribution is -2.51. The van der Waals surface area contributed by atoms with Crippen molar-refractivity contribution in [3.8, 4) is 0 Å². The van der Waals surface area contributed by atoms with Crippen LogP contribution in [0.3, 0.4) is 0 Å². The Morgan fingerprint density at radius 1 is 1.19 bits per heavy atom. The van der Waals surface area contributed by atoms with E-state index in [1.54, 1.807) is 36.0 Å². The number of thioether (sulfide) groups is 1. The highest BCUT2D eigenvalue weighted by molar-refractivity contribution is 8.01. The number of benzene rings is 1. The normalized spacial score (nSPS) is 26.4. The highest BCUT2D eigenvalue weighted by Crippen LogP contribution is 2.43. The van der Waals surface area contributed by atoms with Gasteiger partial charge in [0.25, 0.3) is 5.91 Å². The van der Waals surface area contributed by atoms with Crippen molar-refractivity contribution in [2.24, 2.45) is 11.8 Å². The summed E-state index contributed by atoms with van der Waals surface area (Å²) in [6.45, 7) is 3.38. The van der Waals surface area contributed by atoms with E-state index in [1.165, 1.54) is 0 Å². The monoisotopic (exact) mass is 387 g/mol. The third-order valence-electron chi connectivity index (χ3n) is 6.13. The summed E-state index contributed by atoms with van der Waals surface area (Å²) in [6, 6.07) is 7.14. The van der Waals surface area contributed by atoms with Gasteiger partial charge in [-0.1, -0.05) is 6.92 Å². The second kappa shape index (κ2) is 6.86. The van der Waals surface area contributed by atoms with E-state index in [1.807, 2.05) is 16.8 Å². The fourth-order valence-electron chi connectivity index (χ4n) is 3.96. The largest absolute Gasteiger partial charge is 0.338 e. The second-order valence-corrected chi connectivity index (χ2v) is 9.20. The molecule has 3 fully saturated rings. The lowest BCUT2D eigenvalue weighted by Gasteiger charge is -2.42. The molecule has 1 spiro atoms. The average molecular weight is 388 g/mol. The first-order valence-corrected chi connectivity index (χ1v) is 10.5. The van der Waals surface area contributed by atoms with Crippen LogP contribution < -0.4 is 5.32 Å². The number of nitrogens with one attached hydrogen (secondary N) is 1. The molecule has 4 rings (SSSR count). The molecular weight excluding hydrogens is 362 g/mol. The Balaban J connectivity index is 1.35. The maximum Gasteiger partial charge on any atom is 0.253 e. The highest BCUT2D eigenvalue weighted by atomic mass is 32.2. The zero-order valence-electron chi connectivity index (χ0n) is 15.7. The minimum Gasteiger partial charge on any atom is -0.338 e. The van der Waals surface area contributed by atoms with E-state index < -0.39 is 0 Å². The van der Waals surface area contributed by atoms with E-state index in [9.17, 15) is 14.4 Å². The van der Waals surface area contributed by atoms with Gasteiger partial charge in [-0.3, -0.25) is 14.4 Å². The molecule has 0 aromatic heterocycles. The predicted octanol–water partition coefficient (Wildman–Crippen LogP) is 2.42. The summed E-state index contributed by atoms with van der Waals surface area (Å²) in [4.78, 5) is 40.2. The van der Waals surface area contributed by atoms with Gasteiger partial charge >= 0.3 is 0 Å². The summed E-state index contributed by atoms with van der Waals surface area (Å²) in [6.07, 6.45) is 2.57. The molecule has 2 aliphatic heterocycles. The molecule has 0 radical (unpaired) electrons. The zero-order chi connectivity index (χ0) is 19.2. The first-order chi connectivity index (χ1) is 12.9. The summed E-state index contributed by atoms with van der Waals surface area (Å²) < 4.78 is 0. The quantitative estimate of drug-likeness (QED) is 0.865. The molecular formula is C20H25N3O3S. The Hall–Kier alpha value is -2.02. The van der Waals surface area contributed by atoms with Crippen molar-refractivity contribution >= 4 is 35.2 Å². The van der Waals surface area contributed by atoms with Crippen molar-refractivity contribution in [3.63, 3.8) is 0 Å². The molecule has 2 saturated heterocycles. The maximum absolute atomic E-state index is 12.8. The van der Waals surface area contributed by atoms with Gasteiger partial charge in [0.1, 0.15) is 0 Å². The lowest BCUT2D eigenvalue weighted by atomic mass is 10.0. The number of anilines is 1. The predicted molar refractivity (Wildman–Crippen MR) is 105 cm³/mol. The zero-order valence-corrected chi connectivity index (χ0v) is 16.6. The van der Waals surface area contributed by atoms with Crippen molar-refractivity contribution in [1.82, 2.24) is 9.80 Å². The topological polar surface area (TPSA) is 69.7 Å². The number of rotatable bonds is 3. The molecule has 3 amide bonds.